The molecule has 0 aliphatic carbocycles. The number of nitrogens with two attached hydrogens (primary N) is 7. The minimum absolute atomic E-state index is 0.000571. The fraction of sp³-hybridized carbons (Fsp3) is 0.646. The van der Waals surface area contributed by atoms with E-state index in [9.17, 15) is 91.4 Å². The number of carboxylic acid groups (broad SMARTS) is 1. The lowest BCUT2D eigenvalue weighted by Gasteiger charge is -2.31. The van der Waals surface area contributed by atoms with E-state index >= 15 is 4.79 Å². The molecule has 0 saturated carbocycles. The molecule has 16 atom stereocenters. The van der Waals surface area contributed by atoms with Gasteiger partial charge in [-0.3, -0.25) is 96.1 Å². The predicted octanol–water partition coefficient (Wildman–Crippen LogP) is -10.6. The molecule has 0 radical (unpaired) electrons. The number of hydrogen-bond acceptors (Lipinski definition) is 27. The summed E-state index contributed by atoms with van der Waals surface area (Å²) >= 11 is 0. The number of hydrogen-bond donors (Lipinski definition) is 22. The van der Waals surface area contributed by atoms with Gasteiger partial charge in [-0.15, -0.1) is 0 Å². The van der Waals surface area contributed by atoms with E-state index in [0.29, 0.717) is 5.69 Å². The number of nitrogens with zero attached hydrogens (tertiary/aromatic N) is 4. The lowest BCUT2D eigenvalue weighted by atomic mass is 9.97. The van der Waals surface area contributed by atoms with Gasteiger partial charge in [-0.2, -0.15) is 0 Å². The molecular weight excluding hydrogens is 1580 g/mol. The van der Waals surface area contributed by atoms with Crippen LogP contribution in [0.1, 0.15) is 105 Å². The van der Waals surface area contributed by atoms with Gasteiger partial charge in [0.25, 0.3) is 0 Å². The Kier molecular flexibility index (Phi) is 38.2. The molecule has 29 N–H and O–H groups in total. The highest BCUT2D eigenvalue weighted by Gasteiger charge is 2.45. The maximum Gasteiger partial charge on any atom is 0.305 e. The largest absolute Gasteiger partial charge is 0.481 e. The summed E-state index contributed by atoms with van der Waals surface area (Å²) in [6.07, 6.45) is -0.535. The van der Waals surface area contributed by atoms with E-state index in [0.717, 1.165) is 48.1 Å². The number of carbonyl (C=O) groups excluding carboxylic acids is 18. The topological polar surface area (TPSA) is 731 Å². The highest BCUT2D eigenvalue weighted by molar-refractivity contribution is 8.77. The Morgan fingerprint density at radius 3 is 1.58 bits per heavy atom. The second-order valence-electron chi connectivity index (χ2n) is 27.5. The van der Waals surface area contributed by atoms with Gasteiger partial charge in [0.1, 0.15) is 90.6 Å². The molecule has 4 aliphatic heterocycles. The van der Waals surface area contributed by atoms with Gasteiger partial charge in [-0.1, -0.05) is 77.3 Å². The van der Waals surface area contributed by atoms with Crippen molar-refractivity contribution in [1.82, 2.24) is 88.9 Å². The number of carbonyl (C=O) groups is 19. The van der Waals surface area contributed by atoms with Crippen LogP contribution in [0.5, 0.6) is 0 Å². The number of aromatic amines is 1. The van der Waals surface area contributed by atoms with Crippen LogP contribution in [0.25, 0.3) is 0 Å². The third-order valence-corrected chi connectivity index (χ3v) is 23.3. The number of aromatic nitrogens is 2. The number of aliphatic carboxylic acids is 1. The molecule has 4 fully saturated rings. The predicted molar refractivity (Wildman–Crippen MR) is 414 cm³/mol. The number of carboxylic acids is 1. The Morgan fingerprint density at radius 2 is 1.04 bits per heavy atom. The van der Waals surface area contributed by atoms with Crippen molar-refractivity contribution in [2.75, 3.05) is 55.7 Å². The van der Waals surface area contributed by atoms with Crippen LogP contribution < -0.4 is 109 Å². The van der Waals surface area contributed by atoms with Gasteiger partial charge in [0, 0.05) is 67.5 Å². The minimum atomic E-state index is -1.99. The summed E-state index contributed by atoms with van der Waals surface area (Å²) in [4.78, 5) is 280. The molecule has 2 bridgehead atoms. The summed E-state index contributed by atoms with van der Waals surface area (Å²) in [5.41, 5.74) is 40.3. The summed E-state index contributed by atoms with van der Waals surface area (Å²) in [7, 11) is 3.24. The van der Waals surface area contributed by atoms with Gasteiger partial charge in [0.2, 0.25) is 106 Å². The lowest BCUT2D eigenvalue weighted by Crippen LogP contribution is -2.62. The zero-order chi connectivity index (χ0) is 84.8. The van der Waals surface area contributed by atoms with Gasteiger partial charge in [-0.05, 0) is 57.3 Å². The molecule has 18 amide bonds. The zero-order valence-corrected chi connectivity index (χ0v) is 66.5. The molecule has 4 saturated heterocycles. The van der Waals surface area contributed by atoms with Crippen LogP contribution in [0.15, 0.2) is 17.5 Å². The van der Waals surface area contributed by atoms with E-state index in [1.807, 2.05) is 0 Å². The number of primary amides is 3. The number of fused-ring (bicyclic) bond motifs is 10. The third-order valence-electron chi connectivity index (χ3n) is 18.4. The van der Waals surface area contributed by atoms with Crippen LogP contribution in [-0.4, -0.2) is 289 Å². The Balaban J connectivity index is 1.68. The van der Waals surface area contributed by atoms with Gasteiger partial charge < -0.3 is 129 Å². The number of imidazole rings is 1. The van der Waals surface area contributed by atoms with Crippen LogP contribution in [-0.2, 0) is 97.5 Å². The Bertz CT molecular complexity index is 3710. The van der Waals surface area contributed by atoms with E-state index in [-0.39, 0.29) is 77.0 Å². The van der Waals surface area contributed by atoms with Gasteiger partial charge in [-0.25, -0.2) is 4.98 Å². The summed E-state index contributed by atoms with van der Waals surface area (Å²) in [6, 6.07) is -25.0. The molecule has 1 aromatic heterocycles. The zero-order valence-electron chi connectivity index (χ0n) is 63.3. The number of rotatable bonds is 19. The van der Waals surface area contributed by atoms with Crippen LogP contribution >= 0.6 is 43.2 Å². The first-order chi connectivity index (χ1) is 53.9. The second-order valence-corrected chi connectivity index (χ2v) is 32.6. The normalized spacial score (nSPS) is 27.8. The van der Waals surface area contributed by atoms with E-state index in [1.54, 1.807) is 6.92 Å². The molecule has 114 heavy (non-hydrogen) atoms. The van der Waals surface area contributed by atoms with Crippen molar-refractivity contribution in [2.45, 2.75) is 196 Å². The van der Waals surface area contributed by atoms with Crippen molar-refractivity contribution in [3.8, 4) is 0 Å². The van der Waals surface area contributed by atoms with Gasteiger partial charge in [0.05, 0.1) is 32.1 Å². The molecule has 632 valence electrons. The molecule has 0 spiro atoms. The van der Waals surface area contributed by atoms with E-state index < -0.39 is 270 Å². The number of guanidine groups is 1. The van der Waals surface area contributed by atoms with Crippen molar-refractivity contribution in [3.63, 3.8) is 0 Å². The fourth-order valence-electron chi connectivity index (χ4n) is 12.1. The first-order valence-electron chi connectivity index (χ1n) is 36.4. The summed E-state index contributed by atoms with van der Waals surface area (Å²) in [5, 5.41) is 42.1. The quantitative estimate of drug-likeness (QED) is 0.0265. The molecule has 45 nitrogen and oxygen atoms in total. The fourth-order valence-corrected chi connectivity index (χ4v) is 16.7. The summed E-state index contributed by atoms with van der Waals surface area (Å²) < 4.78 is 0. The van der Waals surface area contributed by atoms with E-state index in [1.165, 1.54) is 45.1 Å². The smallest absolute Gasteiger partial charge is 0.305 e. The minimum Gasteiger partial charge on any atom is -0.481 e. The Hall–Kier alpha value is -10.3. The van der Waals surface area contributed by atoms with Crippen LogP contribution in [0.4, 0.5) is 0 Å². The maximum absolute atomic E-state index is 15.0. The second kappa shape index (κ2) is 46.2. The molecule has 49 heteroatoms. The van der Waals surface area contributed by atoms with Crippen molar-refractivity contribution >= 4 is 161 Å². The molecule has 5 rings (SSSR count). The summed E-state index contributed by atoms with van der Waals surface area (Å²) in [5.74, 6) is -24.9. The monoisotopic (exact) mass is 1680 g/mol. The highest BCUT2D eigenvalue weighted by atomic mass is 33.1. The van der Waals surface area contributed by atoms with Crippen molar-refractivity contribution in [2.24, 2.45) is 57.0 Å². The molecule has 4 aliphatic rings. The van der Waals surface area contributed by atoms with Gasteiger partial charge in [0.15, 0.2) is 5.96 Å². The SMILES string of the molecule is CC[C@H](C)[C@@H]1NC(=O)[C@H](CC(=O)O)NC(=O)[C@@H]2CCCN2C(=O)[C@H](CC(N)=O)NC(=O)[C@H](CC(N)=O)NC(=O)[C@H](C(C)C)NC(=O)C(CN)NC(=O)[C@@H]2CSSC[C@H](NC(=O)CN)C(=O)N[C@@H](CSSC[C@@H](C(N)=O)NC1=O)C(=O)N[C@@H](CCCN=C(N)N)C(=O)N[C@@H](Cc1cnc[nH]1)C(=O)N1CCC[C@H]1C(=O)N[C@@H](C)C(=O)N2. The summed E-state index contributed by atoms with van der Waals surface area (Å²) in [6.45, 7) is 5.50. The standard InChI is InChI=1S/C65H103N25O20S4/c1-6-29(4)49-62(108)84-38(50(70)96)23-111-113-26-41-57(103)78-32(10-7-13-74-65(71)72)52(98)81-35(16-31-22-73-27-75-31)63(109)89-14-8-11-42(89)59(105)76-30(5)51(97)85-40(25-114-112-24-39(56(102)86-41)77-46(93)21-67)58(104)83-37(20-66)55(101)87-48(28(2)3)61(107)80-33(17-44(68)91)53(99)82-36(18-45(69)92)64(110)90-15-9-12-43(90)60(106)79-34(19-47(94)95)54(100)88-49/h22,27-30,32-43,48-49H,6-21,23-26,66-67H2,1-5H3,(H2,68,91)(H2,69,92)(H2,70,96)(H,73,75)(H,76,105)(H,77,93)(H,78,103)(H,79,106)(H,80,107)(H,81,98)(H,82,99)(H,83,104)(H,84,108)(H,85,97)(H,86,102)(H,87,101)(H,88,100)(H,94,95)(H4,71,72,74)/t29-,30-,32-,33-,34-,35-,36-,37?,38-,39-,40-,41-,42-,43-,48-,49-/m0/s1. The number of nitrogens with one attached hydrogen (secondary N) is 14. The number of amides is 18. The molecule has 1 aromatic rings. The molecule has 5 heterocycles. The van der Waals surface area contributed by atoms with Gasteiger partial charge >= 0.3 is 5.97 Å². The first-order valence-corrected chi connectivity index (χ1v) is 41.4. The van der Waals surface area contributed by atoms with E-state index in [2.05, 4.69) is 84.1 Å². The van der Waals surface area contributed by atoms with Crippen molar-refractivity contribution < 1.29 is 96.2 Å². The first kappa shape index (κ1) is 94.3. The average molecular weight is 1680 g/mol. The average Bonchev–Trinajstić information content (AvgIpc) is 1.63. The third kappa shape index (κ3) is 29.3. The van der Waals surface area contributed by atoms with E-state index in [4.69, 9.17) is 40.1 Å². The van der Waals surface area contributed by atoms with Crippen LogP contribution in [0, 0.1) is 11.8 Å². The molecule has 0 aromatic carbocycles. The lowest BCUT2D eigenvalue weighted by molar-refractivity contribution is -0.145. The highest BCUT2D eigenvalue weighted by Crippen LogP contribution is 2.27. The maximum atomic E-state index is 15.0. The molecule has 1 unspecified atom stereocenters. The number of H-pyrrole nitrogens is 1. The number of aliphatic imine (C=N–C) groups is 1. The van der Waals surface area contributed by atoms with Crippen molar-refractivity contribution in [3.05, 3.63) is 18.2 Å². The van der Waals surface area contributed by atoms with Crippen LogP contribution in [0.2, 0.25) is 0 Å². The Morgan fingerprint density at radius 1 is 0.553 bits per heavy atom. The Labute approximate surface area is 670 Å². The molecular formula is C65H103N25O20S4. The van der Waals surface area contributed by atoms with Crippen LogP contribution in [0.3, 0.4) is 0 Å². The van der Waals surface area contributed by atoms with Crippen molar-refractivity contribution in [1.29, 1.82) is 0 Å².